The first-order chi connectivity index (χ1) is 5.61. The van der Waals surface area contributed by atoms with Crippen molar-refractivity contribution in [3.8, 4) is 0 Å². The fourth-order valence-electron chi connectivity index (χ4n) is 0.626. The SMILES string of the molecule is CCNC(=O)C(C)N=C(N)NN. The molecule has 0 aromatic rings. The lowest BCUT2D eigenvalue weighted by molar-refractivity contribution is -0.121. The highest BCUT2D eigenvalue weighted by atomic mass is 16.2. The van der Waals surface area contributed by atoms with Gasteiger partial charge in [0, 0.05) is 6.54 Å². The molecule has 0 aliphatic heterocycles. The van der Waals surface area contributed by atoms with E-state index in [4.69, 9.17) is 11.6 Å². The predicted octanol–water partition coefficient (Wildman–Crippen LogP) is -1.71. The number of likely N-dealkylation sites (N-methyl/N-ethyl adjacent to an activating group) is 1. The molecule has 0 radical (unpaired) electrons. The van der Waals surface area contributed by atoms with Gasteiger partial charge in [-0.15, -0.1) is 0 Å². The van der Waals surface area contributed by atoms with Gasteiger partial charge in [0.1, 0.15) is 6.04 Å². The molecule has 0 bridgehead atoms. The number of aliphatic imine (C=N–C) groups is 1. The maximum Gasteiger partial charge on any atom is 0.244 e. The van der Waals surface area contributed by atoms with E-state index in [1.54, 1.807) is 6.92 Å². The van der Waals surface area contributed by atoms with Crippen molar-refractivity contribution in [1.29, 1.82) is 0 Å². The molecule has 0 aromatic carbocycles. The number of carbonyl (C=O) groups excluding carboxylic acids is 1. The quantitative estimate of drug-likeness (QED) is 0.176. The number of hydrazine groups is 1. The van der Waals surface area contributed by atoms with Crippen LogP contribution in [0.1, 0.15) is 13.8 Å². The van der Waals surface area contributed by atoms with Gasteiger partial charge in [0.25, 0.3) is 0 Å². The Balaban J connectivity index is 4.02. The van der Waals surface area contributed by atoms with Crippen LogP contribution in [0.4, 0.5) is 0 Å². The van der Waals surface area contributed by atoms with Gasteiger partial charge in [-0.2, -0.15) is 0 Å². The number of guanidine groups is 1. The summed E-state index contributed by atoms with van der Waals surface area (Å²) in [6.45, 7) is 4.04. The summed E-state index contributed by atoms with van der Waals surface area (Å²) in [5.74, 6) is 4.84. The molecule has 70 valence electrons. The van der Waals surface area contributed by atoms with Crippen LogP contribution in [0.2, 0.25) is 0 Å². The van der Waals surface area contributed by atoms with E-state index in [1.165, 1.54) is 0 Å². The number of nitrogens with zero attached hydrogens (tertiary/aromatic N) is 1. The maximum atomic E-state index is 11.1. The number of rotatable bonds is 3. The number of amides is 1. The van der Waals surface area contributed by atoms with Gasteiger partial charge in [-0.3, -0.25) is 10.2 Å². The van der Waals surface area contributed by atoms with Crippen LogP contribution in [0, 0.1) is 0 Å². The first kappa shape index (κ1) is 10.7. The average Bonchev–Trinajstić information content (AvgIpc) is 2.04. The largest absolute Gasteiger partial charge is 0.369 e. The number of nitrogens with one attached hydrogen (secondary N) is 2. The first-order valence-electron chi connectivity index (χ1n) is 3.69. The molecule has 0 spiro atoms. The van der Waals surface area contributed by atoms with Gasteiger partial charge in [-0.1, -0.05) is 0 Å². The van der Waals surface area contributed by atoms with Crippen LogP contribution in [-0.2, 0) is 4.79 Å². The minimum Gasteiger partial charge on any atom is -0.369 e. The summed E-state index contributed by atoms with van der Waals surface area (Å²) in [6.07, 6.45) is 0. The molecule has 0 saturated carbocycles. The molecule has 0 aliphatic rings. The van der Waals surface area contributed by atoms with Gasteiger partial charge >= 0.3 is 0 Å². The highest BCUT2D eigenvalue weighted by Crippen LogP contribution is 1.87. The Morgan fingerprint density at radius 1 is 1.67 bits per heavy atom. The third kappa shape index (κ3) is 3.77. The van der Waals surface area contributed by atoms with Crippen molar-refractivity contribution >= 4 is 11.9 Å². The summed E-state index contributed by atoms with van der Waals surface area (Å²) >= 11 is 0. The number of nitrogens with two attached hydrogens (primary N) is 2. The zero-order valence-corrected chi connectivity index (χ0v) is 7.29. The highest BCUT2D eigenvalue weighted by Gasteiger charge is 2.09. The third-order valence-electron chi connectivity index (χ3n) is 1.21. The average molecular weight is 173 g/mol. The summed E-state index contributed by atoms with van der Waals surface area (Å²) in [5.41, 5.74) is 7.38. The third-order valence-corrected chi connectivity index (χ3v) is 1.21. The fourth-order valence-corrected chi connectivity index (χ4v) is 0.626. The molecule has 1 atom stereocenters. The van der Waals surface area contributed by atoms with Crippen molar-refractivity contribution in [3.05, 3.63) is 0 Å². The second-order valence-electron chi connectivity index (χ2n) is 2.23. The summed E-state index contributed by atoms with van der Waals surface area (Å²) in [7, 11) is 0. The second-order valence-corrected chi connectivity index (χ2v) is 2.23. The zero-order chi connectivity index (χ0) is 9.56. The van der Waals surface area contributed by atoms with Crippen LogP contribution in [0.5, 0.6) is 0 Å². The Kier molecular flexibility index (Phi) is 4.78. The Morgan fingerprint density at radius 3 is 2.67 bits per heavy atom. The second kappa shape index (κ2) is 5.36. The van der Waals surface area contributed by atoms with Crippen molar-refractivity contribution in [2.75, 3.05) is 6.54 Å². The standard InChI is InChI=1S/C6H15N5O/c1-3-9-5(12)4(2)10-6(7)11-8/h4H,3,8H2,1-2H3,(H,9,12)(H3,7,10,11). The number of hydrogen-bond acceptors (Lipinski definition) is 3. The van der Waals surface area contributed by atoms with Crippen molar-refractivity contribution in [3.63, 3.8) is 0 Å². The fraction of sp³-hybridized carbons (Fsp3) is 0.667. The van der Waals surface area contributed by atoms with Gasteiger partial charge in [0.15, 0.2) is 0 Å². The van der Waals surface area contributed by atoms with Crippen LogP contribution in [0.25, 0.3) is 0 Å². The molecule has 6 heteroatoms. The molecule has 6 N–H and O–H groups in total. The Morgan fingerprint density at radius 2 is 2.25 bits per heavy atom. The molecule has 12 heavy (non-hydrogen) atoms. The molecule has 1 amide bonds. The lowest BCUT2D eigenvalue weighted by atomic mass is 10.3. The summed E-state index contributed by atoms with van der Waals surface area (Å²) < 4.78 is 0. The maximum absolute atomic E-state index is 11.1. The molecule has 1 unspecified atom stereocenters. The van der Waals surface area contributed by atoms with Gasteiger partial charge in [-0.25, -0.2) is 10.8 Å². The molecule has 0 fully saturated rings. The van der Waals surface area contributed by atoms with Crippen molar-refractivity contribution < 1.29 is 4.79 Å². The summed E-state index contributed by atoms with van der Waals surface area (Å²) in [5, 5.41) is 2.60. The van der Waals surface area contributed by atoms with Gasteiger partial charge in [0.2, 0.25) is 11.9 Å². The molecule has 0 heterocycles. The van der Waals surface area contributed by atoms with Gasteiger partial charge in [0.05, 0.1) is 0 Å². The van der Waals surface area contributed by atoms with Crippen LogP contribution in [-0.4, -0.2) is 24.5 Å². The molecular weight excluding hydrogens is 158 g/mol. The predicted molar refractivity (Wildman–Crippen MR) is 47.1 cm³/mol. The van der Waals surface area contributed by atoms with E-state index in [0.717, 1.165) is 0 Å². The van der Waals surface area contributed by atoms with E-state index in [2.05, 4.69) is 15.7 Å². The van der Waals surface area contributed by atoms with E-state index < -0.39 is 6.04 Å². The minimum atomic E-state index is -0.513. The van der Waals surface area contributed by atoms with Crippen LogP contribution in [0.3, 0.4) is 0 Å². The van der Waals surface area contributed by atoms with Crippen LogP contribution >= 0.6 is 0 Å². The topological polar surface area (TPSA) is 106 Å². The number of carbonyl (C=O) groups is 1. The molecule has 0 aromatic heterocycles. The van der Waals surface area contributed by atoms with E-state index in [0.29, 0.717) is 6.54 Å². The van der Waals surface area contributed by atoms with Crippen molar-refractivity contribution in [2.45, 2.75) is 19.9 Å². The summed E-state index contributed by atoms with van der Waals surface area (Å²) in [4.78, 5) is 14.8. The summed E-state index contributed by atoms with van der Waals surface area (Å²) in [6, 6.07) is -0.513. The zero-order valence-electron chi connectivity index (χ0n) is 7.29. The van der Waals surface area contributed by atoms with E-state index in [9.17, 15) is 4.79 Å². The molecule has 0 saturated heterocycles. The Labute approximate surface area is 71.4 Å². The first-order valence-corrected chi connectivity index (χ1v) is 3.69. The van der Waals surface area contributed by atoms with E-state index in [-0.39, 0.29) is 11.9 Å². The van der Waals surface area contributed by atoms with Gasteiger partial charge < -0.3 is 11.1 Å². The smallest absolute Gasteiger partial charge is 0.244 e. The Hall–Kier alpha value is -1.30. The van der Waals surface area contributed by atoms with Crippen molar-refractivity contribution in [1.82, 2.24) is 10.7 Å². The minimum absolute atomic E-state index is 0.0498. The highest BCUT2D eigenvalue weighted by molar-refractivity contribution is 5.85. The van der Waals surface area contributed by atoms with Crippen LogP contribution in [0.15, 0.2) is 4.99 Å². The molecule has 0 rings (SSSR count). The monoisotopic (exact) mass is 173 g/mol. The van der Waals surface area contributed by atoms with Crippen LogP contribution < -0.4 is 22.3 Å². The normalized spacial score (nSPS) is 13.8. The van der Waals surface area contributed by atoms with Crippen molar-refractivity contribution in [2.24, 2.45) is 16.6 Å². The molecule has 6 nitrogen and oxygen atoms in total. The van der Waals surface area contributed by atoms with E-state index in [1.807, 2.05) is 6.92 Å². The number of hydrogen-bond donors (Lipinski definition) is 4. The van der Waals surface area contributed by atoms with E-state index >= 15 is 0 Å². The van der Waals surface area contributed by atoms with Gasteiger partial charge in [-0.05, 0) is 13.8 Å². The lowest BCUT2D eigenvalue weighted by Crippen LogP contribution is -2.40. The Bertz CT molecular complexity index is 179. The lowest BCUT2D eigenvalue weighted by Gasteiger charge is -2.07. The molecular formula is C6H15N5O. The molecule has 0 aliphatic carbocycles.